The zero-order valence-corrected chi connectivity index (χ0v) is 15.1. The van der Waals surface area contributed by atoms with Crippen LogP contribution in [0.4, 0.5) is 5.69 Å². The van der Waals surface area contributed by atoms with Gasteiger partial charge in [-0.15, -0.1) is 0 Å². The number of anilines is 1. The second-order valence-electron chi connectivity index (χ2n) is 5.44. The number of aromatic nitrogens is 2. The summed E-state index contributed by atoms with van der Waals surface area (Å²) in [6, 6.07) is 7.56. The predicted octanol–water partition coefficient (Wildman–Crippen LogP) is 1.55. The van der Waals surface area contributed by atoms with Crippen molar-refractivity contribution in [2.75, 3.05) is 17.6 Å². The van der Waals surface area contributed by atoms with Gasteiger partial charge in [-0.05, 0) is 31.5 Å². The Kier molecular flexibility index (Phi) is 7.03. The molecule has 1 aromatic heterocycles. The van der Waals surface area contributed by atoms with Crippen LogP contribution in [0.3, 0.4) is 0 Å². The molecule has 25 heavy (non-hydrogen) atoms. The molecule has 134 valence electrons. The van der Waals surface area contributed by atoms with E-state index in [0.717, 1.165) is 11.3 Å². The number of amides is 2. The van der Waals surface area contributed by atoms with Gasteiger partial charge in [0.25, 0.3) is 0 Å². The molecule has 0 aliphatic rings. The Labute approximate surface area is 150 Å². The van der Waals surface area contributed by atoms with E-state index in [0.29, 0.717) is 17.4 Å². The quantitative estimate of drug-likeness (QED) is 0.619. The molecule has 0 aliphatic heterocycles. The zero-order valence-electron chi connectivity index (χ0n) is 14.3. The fraction of sp³-hybridized carbons (Fsp3) is 0.353. The molecule has 0 fully saturated rings. The summed E-state index contributed by atoms with van der Waals surface area (Å²) in [6.07, 6.45) is 1.51. The SMILES string of the molecule is CCNC(=O)Cn1c(CO)cnc1SCC(=O)Nc1cccc(C)c1. The third-order valence-electron chi connectivity index (χ3n) is 3.37. The number of thioether (sulfide) groups is 1. The molecule has 0 bridgehead atoms. The molecule has 1 heterocycles. The fourth-order valence-electron chi connectivity index (χ4n) is 2.25. The summed E-state index contributed by atoms with van der Waals surface area (Å²) < 4.78 is 1.62. The Balaban J connectivity index is 1.98. The molecular weight excluding hydrogens is 340 g/mol. The van der Waals surface area contributed by atoms with Crippen LogP contribution in [-0.4, -0.2) is 38.8 Å². The van der Waals surface area contributed by atoms with Crippen LogP contribution in [0, 0.1) is 6.92 Å². The fourth-order valence-corrected chi connectivity index (χ4v) is 3.05. The maximum atomic E-state index is 12.1. The molecule has 0 saturated heterocycles. The number of benzene rings is 1. The van der Waals surface area contributed by atoms with Crippen LogP contribution in [0.2, 0.25) is 0 Å². The van der Waals surface area contributed by atoms with Crippen molar-refractivity contribution in [1.82, 2.24) is 14.9 Å². The summed E-state index contributed by atoms with van der Waals surface area (Å²) >= 11 is 1.22. The van der Waals surface area contributed by atoms with Crippen LogP contribution >= 0.6 is 11.8 Å². The van der Waals surface area contributed by atoms with E-state index in [1.807, 2.05) is 38.1 Å². The Hall–Kier alpha value is -2.32. The number of aliphatic hydroxyl groups is 1. The Morgan fingerprint density at radius 2 is 2.12 bits per heavy atom. The largest absolute Gasteiger partial charge is 0.390 e. The first-order valence-corrected chi connectivity index (χ1v) is 8.93. The third-order valence-corrected chi connectivity index (χ3v) is 4.36. The maximum Gasteiger partial charge on any atom is 0.240 e. The monoisotopic (exact) mass is 362 g/mol. The molecule has 0 unspecified atom stereocenters. The number of aliphatic hydroxyl groups excluding tert-OH is 1. The molecular formula is C17H22N4O3S. The van der Waals surface area contributed by atoms with Gasteiger partial charge in [-0.2, -0.15) is 0 Å². The van der Waals surface area contributed by atoms with Crippen LogP contribution in [0.5, 0.6) is 0 Å². The van der Waals surface area contributed by atoms with Crippen molar-refractivity contribution in [1.29, 1.82) is 0 Å². The Morgan fingerprint density at radius 3 is 2.80 bits per heavy atom. The molecule has 1 aromatic carbocycles. The topological polar surface area (TPSA) is 96.2 Å². The van der Waals surface area contributed by atoms with Gasteiger partial charge in [-0.3, -0.25) is 9.59 Å². The van der Waals surface area contributed by atoms with E-state index in [9.17, 15) is 14.7 Å². The molecule has 8 heteroatoms. The van der Waals surface area contributed by atoms with E-state index in [-0.39, 0.29) is 30.7 Å². The number of nitrogens with one attached hydrogen (secondary N) is 2. The molecule has 7 nitrogen and oxygen atoms in total. The second-order valence-corrected chi connectivity index (χ2v) is 6.38. The van der Waals surface area contributed by atoms with Gasteiger partial charge >= 0.3 is 0 Å². The summed E-state index contributed by atoms with van der Waals surface area (Å²) in [5, 5.41) is 15.5. The van der Waals surface area contributed by atoms with Gasteiger partial charge in [0, 0.05) is 12.2 Å². The number of nitrogens with zero attached hydrogens (tertiary/aromatic N) is 2. The molecule has 2 rings (SSSR count). The minimum Gasteiger partial charge on any atom is -0.390 e. The van der Waals surface area contributed by atoms with Crippen molar-refractivity contribution < 1.29 is 14.7 Å². The lowest BCUT2D eigenvalue weighted by Gasteiger charge is -2.10. The third kappa shape index (κ3) is 5.61. The first-order valence-electron chi connectivity index (χ1n) is 7.94. The molecule has 2 amide bonds. The van der Waals surface area contributed by atoms with E-state index in [1.165, 1.54) is 18.0 Å². The number of hydrogen-bond acceptors (Lipinski definition) is 5. The lowest BCUT2D eigenvalue weighted by atomic mass is 10.2. The minimum atomic E-state index is -0.220. The van der Waals surface area contributed by atoms with Gasteiger partial charge in [0.05, 0.1) is 24.3 Å². The van der Waals surface area contributed by atoms with Gasteiger partial charge in [-0.1, -0.05) is 23.9 Å². The molecule has 3 N–H and O–H groups in total. The summed E-state index contributed by atoms with van der Waals surface area (Å²) in [4.78, 5) is 28.1. The lowest BCUT2D eigenvalue weighted by Crippen LogP contribution is -2.28. The Morgan fingerprint density at radius 1 is 1.32 bits per heavy atom. The van der Waals surface area contributed by atoms with Crippen molar-refractivity contribution in [2.45, 2.75) is 32.2 Å². The first kappa shape index (κ1) is 19.0. The number of aryl methyl sites for hydroxylation is 1. The predicted molar refractivity (Wildman–Crippen MR) is 97.4 cm³/mol. The first-order chi connectivity index (χ1) is 12.0. The van der Waals surface area contributed by atoms with Gasteiger partial charge in [0.15, 0.2) is 5.16 Å². The standard InChI is InChI=1S/C17H22N4O3S/c1-3-18-15(23)9-21-14(10-22)8-19-17(21)25-11-16(24)20-13-6-4-5-12(2)7-13/h4-8,22H,3,9-11H2,1-2H3,(H,18,23)(H,20,24). The van der Waals surface area contributed by atoms with E-state index < -0.39 is 0 Å². The molecule has 2 aromatic rings. The highest BCUT2D eigenvalue weighted by Crippen LogP contribution is 2.19. The molecule has 0 radical (unpaired) electrons. The number of likely N-dealkylation sites (N-methyl/N-ethyl adjacent to an activating group) is 1. The summed E-state index contributed by atoms with van der Waals surface area (Å²) in [5.74, 6) is -0.166. The minimum absolute atomic E-state index is 0.0611. The average molecular weight is 362 g/mol. The number of rotatable bonds is 8. The number of carbonyl (C=O) groups excluding carboxylic acids is 2. The summed E-state index contributed by atoms with van der Waals surface area (Å²) in [7, 11) is 0. The van der Waals surface area contributed by atoms with E-state index in [2.05, 4.69) is 15.6 Å². The second kappa shape index (κ2) is 9.24. The average Bonchev–Trinajstić information content (AvgIpc) is 2.95. The maximum absolute atomic E-state index is 12.1. The van der Waals surface area contributed by atoms with Crippen molar-refractivity contribution >= 4 is 29.3 Å². The van der Waals surface area contributed by atoms with E-state index in [4.69, 9.17) is 0 Å². The summed E-state index contributed by atoms with van der Waals surface area (Å²) in [5.41, 5.74) is 2.34. The van der Waals surface area contributed by atoms with Crippen molar-refractivity contribution in [3.8, 4) is 0 Å². The molecule has 0 saturated carbocycles. The molecule has 0 aliphatic carbocycles. The van der Waals surface area contributed by atoms with Gasteiger partial charge in [0.1, 0.15) is 6.54 Å². The van der Waals surface area contributed by atoms with Crippen LogP contribution < -0.4 is 10.6 Å². The zero-order chi connectivity index (χ0) is 18.2. The van der Waals surface area contributed by atoms with Crippen molar-refractivity contribution in [3.05, 3.63) is 41.7 Å². The number of carbonyl (C=O) groups is 2. The van der Waals surface area contributed by atoms with Crippen LogP contribution in [0.1, 0.15) is 18.2 Å². The lowest BCUT2D eigenvalue weighted by molar-refractivity contribution is -0.121. The summed E-state index contributed by atoms with van der Waals surface area (Å²) in [6.45, 7) is 4.17. The van der Waals surface area contributed by atoms with E-state index in [1.54, 1.807) is 4.57 Å². The van der Waals surface area contributed by atoms with Gasteiger partial charge < -0.3 is 20.3 Å². The highest BCUT2D eigenvalue weighted by Gasteiger charge is 2.14. The van der Waals surface area contributed by atoms with Gasteiger partial charge in [-0.25, -0.2) is 4.98 Å². The Bertz CT molecular complexity index is 745. The van der Waals surface area contributed by atoms with Crippen LogP contribution in [0.15, 0.2) is 35.6 Å². The van der Waals surface area contributed by atoms with Crippen molar-refractivity contribution in [2.24, 2.45) is 0 Å². The van der Waals surface area contributed by atoms with Crippen molar-refractivity contribution in [3.63, 3.8) is 0 Å². The number of hydrogen-bond donors (Lipinski definition) is 3. The highest BCUT2D eigenvalue weighted by molar-refractivity contribution is 7.99. The van der Waals surface area contributed by atoms with Crippen LogP contribution in [0.25, 0.3) is 0 Å². The normalized spacial score (nSPS) is 10.5. The number of imidazole rings is 1. The molecule has 0 spiro atoms. The van der Waals surface area contributed by atoms with Crippen LogP contribution in [-0.2, 0) is 22.7 Å². The smallest absolute Gasteiger partial charge is 0.240 e. The highest BCUT2D eigenvalue weighted by atomic mass is 32.2. The van der Waals surface area contributed by atoms with Gasteiger partial charge in [0.2, 0.25) is 11.8 Å². The van der Waals surface area contributed by atoms with E-state index >= 15 is 0 Å². The molecule has 0 atom stereocenters.